The Bertz CT molecular complexity index is 1520. The standard InChI is InChI=1S/C27H29ClN3O10P/c1-18(25(35)38-16-19-8-4-2-5-9-19)31(41-20-10-6-3-7-11-20)42(37)39-17-27(13-14-28)23(34)22(33)24(40-27)30-15-12-21(32)29-26(30)36/h2-15,18,22-24,33-34,42H,16-17H2,1H3,(H,29,32,36)/b14-13-/t18?,22-,23+,24-,27-/m1/s1. The number of carbonyl (C=O) groups is 1. The molecule has 2 unspecified atom stereocenters. The highest BCUT2D eigenvalue weighted by Crippen LogP contribution is 2.41. The predicted molar refractivity (Wildman–Crippen MR) is 151 cm³/mol. The molecule has 13 nitrogen and oxygen atoms in total. The van der Waals surface area contributed by atoms with E-state index in [1.54, 1.807) is 54.6 Å². The van der Waals surface area contributed by atoms with Gasteiger partial charge in [0, 0.05) is 17.8 Å². The van der Waals surface area contributed by atoms with Crippen molar-refractivity contribution in [1.29, 1.82) is 0 Å². The van der Waals surface area contributed by atoms with Crippen LogP contribution < -0.4 is 16.1 Å². The van der Waals surface area contributed by atoms with Crippen LogP contribution >= 0.6 is 19.8 Å². The molecule has 1 saturated heterocycles. The van der Waals surface area contributed by atoms with Gasteiger partial charge in [0.1, 0.15) is 36.2 Å². The summed E-state index contributed by atoms with van der Waals surface area (Å²) in [5, 5.41) is 21.6. The number of hydrogen-bond acceptors (Lipinski definition) is 10. The minimum atomic E-state index is -3.43. The van der Waals surface area contributed by atoms with E-state index in [9.17, 15) is 29.2 Å². The fourth-order valence-corrected chi connectivity index (χ4v) is 5.41. The molecule has 3 N–H and O–H groups in total. The lowest BCUT2D eigenvalue weighted by molar-refractivity contribution is -0.156. The normalized spacial score (nSPS) is 23.6. The van der Waals surface area contributed by atoms with E-state index >= 15 is 0 Å². The first kappa shape index (κ1) is 31.4. The van der Waals surface area contributed by atoms with E-state index in [1.165, 1.54) is 6.92 Å². The van der Waals surface area contributed by atoms with Gasteiger partial charge in [0.2, 0.25) is 0 Å². The summed E-state index contributed by atoms with van der Waals surface area (Å²) in [5.41, 5.74) is -1.72. The first-order valence-electron chi connectivity index (χ1n) is 12.7. The summed E-state index contributed by atoms with van der Waals surface area (Å²) in [6, 6.07) is 17.0. The van der Waals surface area contributed by atoms with Crippen molar-refractivity contribution in [2.45, 2.75) is 43.6 Å². The molecular formula is C27H29ClN3O10P. The van der Waals surface area contributed by atoms with E-state index in [4.69, 9.17) is 30.4 Å². The highest BCUT2D eigenvalue weighted by molar-refractivity contribution is 7.36. The number of halogens is 1. The second kappa shape index (κ2) is 14.1. The average Bonchev–Trinajstić information content (AvgIpc) is 3.23. The van der Waals surface area contributed by atoms with Crippen LogP contribution in [0.2, 0.25) is 0 Å². The molecule has 0 radical (unpaired) electrons. The third-order valence-electron chi connectivity index (χ3n) is 6.39. The number of H-pyrrole nitrogens is 1. The predicted octanol–water partition coefficient (Wildman–Crippen LogP) is 2.11. The van der Waals surface area contributed by atoms with Gasteiger partial charge in [0.05, 0.1) is 6.61 Å². The summed E-state index contributed by atoms with van der Waals surface area (Å²) in [5.74, 6) is -0.500. The van der Waals surface area contributed by atoms with Crippen molar-refractivity contribution in [1.82, 2.24) is 14.4 Å². The van der Waals surface area contributed by atoms with Gasteiger partial charge in [-0.15, -0.1) is 0 Å². The number of aliphatic hydroxyl groups is 2. The minimum absolute atomic E-state index is 0.0297. The van der Waals surface area contributed by atoms with Gasteiger partial charge in [-0.05, 0) is 30.7 Å². The number of ether oxygens (including phenoxy) is 2. The third-order valence-corrected chi connectivity index (χ3v) is 7.75. The number of nitrogens with one attached hydrogen (secondary N) is 1. The van der Waals surface area contributed by atoms with E-state index in [0.29, 0.717) is 0 Å². The van der Waals surface area contributed by atoms with Crippen LogP contribution in [0.3, 0.4) is 0 Å². The van der Waals surface area contributed by atoms with E-state index < -0.39 is 62.1 Å². The maximum atomic E-state index is 13.5. The average molecular weight is 622 g/mol. The quantitative estimate of drug-likeness (QED) is 0.154. The molecular weight excluding hydrogens is 593 g/mol. The first-order chi connectivity index (χ1) is 20.1. The van der Waals surface area contributed by atoms with Crippen molar-refractivity contribution in [3.05, 3.63) is 111 Å². The number of nitrogens with zero attached hydrogens (tertiary/aromatic N) is 2. The number of aliphatic hydroxyl groups excluding tert-OH is 2. The fraction of sp³-hybridized carbons (Fsp3) is 0.296. The van der Waals surface area contributed by atoms with Crippen molar-refractivity contribution in [3.8, 4) is 5.75 Å². The maximum absolute atomic E-state index is 13.5. The Labute approximate surface area is 245 Å². The lowest BCUT2D eigenvalue weighted by Gasteiger charge is -2.30. The largest absolute Gasteiger partial charge is 0.460 e. The molecule has 1 aliphatic rings. The van der Waals surface area contributed by atoms with Crippen LogP contribution in [0.25, 0.3) is 0 Å². The van der Waals surface area contributed by atoms with Gasteiger partial charge in [-0.25, -0.2) is 4.79 Å². The molecule has 42 heavy (non-hydrogen) atoms. The van der Waals surface area contributed by atoms with Crippen LogP contribution in [-0.2, 0) is 30.0 Å². The molecule has 2 heterocycles. The summed E-state index contributed by atoms with van der Waals surface area (Å²) in [4.78, 5) is 45.3. The maximum Gasteiger partial charge on any atom is 0.330 e. The Kier molecular flexibility index (Phi) is 10.5. The molecule has 4 rings (SSSR count). The van der Waals surface area contributed by atoms with Gasteiger partial charge in [-0.2, -0.15) is 0 Å². The molecule has 0 bridgehead atoms. The molecule has 0 amide bonds. The molecule has 2 aromatic carbocycles. The van der Waals surface area contributed by atoms with Crippen molar-refractivity contribution in [3.63, 3.8) is 0 Å². The van der Waals surface area contributed by atoms with Crippen LogP contribution in [-0.4, -0.2) is 61.0 Å². The van der Waals surface area contributed by atoms with Crippen LogP contribution in [0.15, 0.2) is 94.1 Å². The van der Waals surface area contributed by atoms with Gasteiger partial charge in [-0.3, -0.25) is 23.7 Å². The van der Waals surface area contributed by atoms with Crippen molar-refractivity contribution in [2.75, 3.05) is 6.61 Å². The summed E-state index contributed by atoms with van der Waals surface area (Å²) in [6.07, 6.45) is -2.62. The molecule has 15 heteroatoms. The molecule has 1 fully saturated rings. The number of esters is 1. The zero-order valence-corrected chi connectivity index (χ0v) is 24.0. The lowest BCUT2D eigenvalue weighted by Crippen LogP contribution is -2.45. The number of aromatic amines is 1. The van der Waals surface area contributed by atoms with Crippen LogP contribution in [0.5, 0.6) is 5.75 Å². The Morgan fingerprint density at radius 1 is 1.17 bits per heavy atom. The molecule has 224 valence electrons. The number of aromatic nitrogens is 2. The minimum Gasteiger partial charge on any atom is -0.460 e. The molecule has 0 aliphatic carbocycles. The highest BCUT2D eigenvalue weighted by Gasteiger charge is 2.54. The zero-order valence-electron chi connectivity index (χ0n) is 22.2. The topological polar surface area (TPSA) is 170 Å². The summed E-state index contributed by atoms with van der Waals surface area (Å²) in [7, 11) is -3.43. The Morgan fingerprint density at radius 3 is 2.48 bits per heavy atom. The molecule has 1 aliphatic heterocycles. The number of para-hydroxylation sites is 1. The van der Waals surface area contributed by atoms with Crippen molar-refractivity contribution in [2.24, 2.45) is 0 Å². The molecule has 0 saturated carbocycles. The molecule has 3 aromatic rings. The number of hydroxylamine groups is 1. The second-order valence-electron chi connectivity index (χ2n) is 9.26. The summed E-state index contributed by atoms with van der Waals surface area (Å²) in [6.45, 7) is 0.735. The van der Waals surface area contributed by atoms with Gasteiger partial charge in [0.15, 0.2) is 6.23 Å². The van der Waals surface area contributed by atoms with Gasteiger partial charge in [-0.1, -0.05) is 65.0 Å². The highest BCUT2D eigenvalue weighted by atomic mass is 35.5. The smallest absolute Gasteiger partial charge is 0.330 e. The number of rotatable bonds is 12. The van der Waals surface area contributed by atoms with Gasteiger partial charge >= 0.3 is 11.7 Å². The zero-order chi connectivity index (χ0) is 30.3. The third kappa shape index (κ3) is 7.26. The molecule has 6 atom stereocenters. The SMILES string of the molecule is CC(C(=O)OCc1ccccc1)N(Oc1ccccc1)[PH](=O)OC[C@@]1(/C=C\Cl)O[C@@H](n2ccc(=O)[nH]c2=O)[C@H](O)[C@@H]1O. The molecule has 0 spiro atoms. The van der Waals surface area contributed by atoms with Crippen LogP contribution in [0.1, 0.15) is 18.7 Å². The molecule has 1 aromatic heterocycles. The van der Waals surface area contributed by atoms with Crippen LogP contribution in [0.4, 0.5) is 0 Å². The second-order valence-corrected chi connectivity index (χ2v) is 10.8. The van der Waals surface area contributed by atoms with Gasteiger partial charge < -0.3 is 29.0 Å². The van der Waals surface area contributed by atoms with Gasteiger partial charge in [0.25, 0.3) is 13.7 Å². The van der Waals surface area contributed by atoms with Crippen LogP contribution in [0, 0.1) is 0 Å². The van der Waals surface area contributed by atoms with Crippen molar-refractivity contribution < 1.29 is 38.4 Å². The Morgan fingerprint density at radius 2 is 1.83 bits per heavy atom. The summed E-state index contributed by atoms with van der Waals surface area (Å²) >= 11 is 5.80. The summed E-state index contributed by atoms with van der Waals surface area (Å²) < 4.78 is 31.2. The number of carbonyl (C=O) groups excluding carboxylic acids is 1. The Balaban J connectivity index is 1.53. The van der Waals surface area contributed by atoms with E-state index in [0.717, 1.165) is 38.8 Å². The number of benzene rings is 2. The monoisotopic (exact) mass is 621 g/mol. The van der Waals surface area contributed by atoms with E-state index in [1.807, 2.05) is 11.1 Å². The fourth-order valence-electron chi connectivity index (χ4n) is 4.12. The lowest BCUT2D eigenvalue weighted by atomic mass is 9.96. The van der Waals surface area contributed by atoms with E-state index in [2.05, 4.69) is 0 Å². The first-order valence-corrected chi connectivity index (χ1v) is 14.4. The van der Waals surface area contributed by atoms with E-state index in [-0.39, 0.29) is 12.4 Å². The number of hydrogen-bond donors (Lipinski definition) is 3. The Hall–Kier alpha value is -3.55. The van der Waals surface area contributed by atoms with Crippen molar-refractivity contribution >= 4 is 25.7 Å².